The zero-order valence-electron chi connectivity index (χ0n) is 24.2. The lowest BCUT2D eigenvalue weighted by atomic mass is 10.0. The van der Waals surface area contributed by atoms with Gasteiger partial charge in [-0.1, -0.05) is 12.1 Å². The first-order valence-electron chi connectivity index (χ1n) is 14.1. The Kier molecular flexibility index (Phi) is 14.3. The summed E-state index contributed by atoms with van der Waals surface area (Å²) >= 11 is 0. The lowest BCUT2D eigenvalue weighted by molar-refractivity contribution is -0.141. The number of carbonyl (C=O) groups is 6. The van der Waals surface area contributed by atoms with E-state index >= 15 is 0 Å². The molecular formula is C27H41N9O8. The van der Waals surface area contributed by atoms with E-state index in [0.29, 0.717) is 24.9 Å². The number of nitrogens with two attached hydrogens (primary N) is 3. The van der Waals surface area contributed by atoms with Gasteiger partial charge in [-0.15, -0.1) is 0 Å². The molecule has 1 fully saturated rings. The number of carbonyl (C=O) groups excluding carboxylic acids is 5. The average molecular weight is 620 g/mol. The predicted molar refractivity (Wildman–Crippen MR) is 158 cm³/mol. The molecule has 4 atom stereocenters. The van der Waals surface area contributed by atoms with Gasteiger partial charge in [-0.2, -0.15) is 0 Å². The molecule has 2 rings (SSSR count). The SMILES string of the molecule is NCCCCC1NC(=O)C(CCCN=C(N)N)NC(=O)CNC(=O)C(CC(=O)O)NC(=O)C(Cc2ccc(O)cc2)NC1=O. The summed E-state index contributed by atoms with van der Waals surface area (Å²) in [5.74, 6) is -5.62. The zero-order valence-corrected chi connectivity index (χ0v) is 24.2. The van der Waals surface area contributed by atoms with Crippen molar-refractivity contribution in [3.63, 3.8) is 0 Å². The molecule has 5 amide bonds. The summed E-state index contributed by atoms with van der Waals surface area (Å²) < 4.78 is 0. The van der Waals surface area contributed by atoms with Gasteiger partial charge < -0.3 is 54.0 Å². The van der Waals surface area contributed by atoms with E-state index < -0.39 is 72.6 Å². The first-order valence-corrected chi connectivity index (χ1v) is 14.1. The van der Waals surface area contributed by atoms with E-state index in [4.69, 9.17) is 17.2 Å². The summed E-state index contributed by atoms with van der Waals surface area (Å²) in [7, 11) is 0. The molecule has 1 aromatic carbocycles. The van der Waals surface area contributed by atoms with Crippen LogP contribution < -0.4 is 43.8 Å². The number of phenols is 1. The molecule has 0 bridgehead atoms. The number of aliphatic imine (C=N–C) groups is 1. The Bertz CT molecular complexity index is 1200. The van der Waals surface area contributed by atoms with E-state index in [0.717, 1.165) is 0 Å². The van der Waals surface area contributed by atoms with Gasteiger partial charge in [-0.05, 0) is 56.3 Å². The highest BCUT2D eigenvalue weighted by atomic mass is 16.4. The van der Waals surface area contributed by atoms with Crippen LogP contribution in [-0.4, -0.2) is 95.5 Å². The highest BCUT2D eigenvalue weighted by Gasteiger charge is 2.33. The molecule has 44 heavy (non-hydrogen) atoms. The summed E-state index contributed by atoms with van der Waals surface area (Å²) in [6, 6.07) is 0.627. The summed E-state index contributed by atoms with van der Waals surface area (Å²) in [5.41, 5.74) is 16.8. The molecule has 0 radical (unpaired) electrons. The Morgan fingerprint density at radius 2 is 1.36 bits per heavy atom. The van der Waals surface area contributed by atoms with Crippen LogP contribution in [0.1, 0.15) is 44.1 Å². The lowest BCUT2D eigenvalue weighted by Gasteiger charge is -2.26. The van der Waals surface area contributed by atoms with Crippen molar-refractivity contribution in [3.8, 4) is 5.75 Å². The second-order valence-corrected chi connectivity index (χ2v) is 10.2. The van der Waals surface area contributed by atoms with Gasteiger partial charge in [0.15, 0.2) is 5.96 Å². The molecule has 0 aliphatic carbocycles. The third-order valence-electron chi connectivity index (χ3n) is 6.62. The number of hydrogen-bond donors (Lipinski definition) is 10. The van der Waals surface area contributed by atoms with Gasteiger partial charge in [0.2, 0.25) is 29.5 Å². The number of amides is 5. The summed E-state index contributed by atoms with van der Waals surface area (Å²) in [5, 5.41) is 31.4. The first-order chi connectivity index (χ1) is 20.9. The standard InChI is InChI=1S/C27H41N9O8/c28-10-2-1-4-18-25(43)35-19(12-15-6-8-16(37)9-7-15)26(44)36-20(13-22(39)40)23(41)32-14-21(38)33-17(24(42)34-18)5-3-11-31-27(29)30/h6-9,17-20,37H,1-5,10-14,28H2,(H,32,41)(H,33,38)(H,34,42)(H,35,43)(H,36,44)(H,39,40)(H4,29,30,31). The summed E-state index contributed by atoms with van der Waals surface area (Å²) in [6.45, 7) is -0.136. The molecule has 0 aromatic heterocycles. The fraction of sp³-hybridized carbons (Fsp3) is 0.519. The Balaban J connectivity index is 2.45. The molecule has 0 spiro atoms. The smallest absolute Gasteiger partial charge is 0.305 e. The minimum Gasteiger partial charge on any atom is -0.508 e. The van der Waals surface area contributed by atoms with Crippen LogP contribution in [-0.2, 0) is 35.2 Å². The number of carboxylic acids is 1. The van der Waals surface area contributed by atoms with Gasteiger partial charge in [-0.25, -0.2) is 0 Å². The molecule has 1 heterocycles. The van der Waals surface area contributed by atoms with Crippen LogP contribution in [0.25, 0.3) is 0 Å². The van der Waals surface area contributed by atoms with Gasteiger partial charge in [0.25, 0.3) is 0 Å². The number of unbranched alkanes of at least 4 members (excludes halogenated alkanes) is 1. The first kappa shape index (κ1) is 35.3. The molecule has 4 unspecified atom stereocenters. The van der Waals surface area contributed by atoms with Crippen LogP contribution in [0, 0.1) is 0 Å². The Morgan fingerprint density at radius 3 is 1.98 bits per heavy atom. The lowest BCUT2D eigenvalue weighted by Crippen LogP contribution is -2.58. The van der Waals surface area contributed by atoms with E-state index in [1.807, 2.05) is 0 Å². The number of hydrogen-bond acceptors (Lipinski definition) is 9. The maximum absolute atomic E-state index is 13.5. The highest BCUT2D eigenvalue weighted by Crippen LogP contribution is 2.13. The normalized spacial score (nSPS) is 21.8. The van der Waals surface area contributed by atoms with Crippen LogP contribution in [0.2, 0.25) is 0 Å². The number of aliphatic carboxylic acids is 1. The van der Waals surface area contributed by atoms with E-state index in [2.05, 4.69) is 31.6 Å². The second kappa shape index (κ2) is 17.9. The predicted octanol–water partition coefficient (Wildman–Crippen LogP) is -3.34. The van der Waals surface area contributed by atoms with Gasteiger partial charge in [0, 0.05) is 13.0 Å². The molecule has 242 valence electrons. The van der Waals surface area contributed by atoms with Crippen LogP contribution >= 0.6 is 0 Å². The average Bonchev–Trinajstić information content (AvgIpc) is 2.96. The van der Waals surface area contributed by atoms with Crippen molar-refractivity contribution >= 4 is 41.5 Å². The van der Waals surface area contributed by atoms with Crippen molar-refractivity contribution in [1.29, 1.82) is 0 Å². The van der Waals surface area contributed by atoms with Crippen LogP contribution in [0.3, 0.4) is 0 Å². The number of nitrogens with one attached hydrogen (secondary N) is 5. The topological polar surface area (TPSA) is 293 Å². The molecular weight excluding hydrogens is 578 g/mol. The van der Waals surface area contributed by atoms with Gasteiger partial charge in [0.05, 0.1) is 13.0 Å². The highest BCUT2D eigenvalue weighted by molar-refractivity contribution is 5.98. The molecule has 17 nitrogen and oxygen atoms in total. The molecule has 13 N–H and O–H groups in total. The number of rotatable bonds is 12. The van der Waals surface area contributed by atoms with Gasteiger partial charge >= 0.3 is 5.97 Å². The van der Waals surface area contributed by atoms with Crippen molar-refractivity contribution in [2.24, 2.45) is 22.2 Å². The fourth-order valence-electron chi connectivity index (χ4n) is 4.35. The van der Waals surface area contributed by atoms with E-state index in [-0.39, 0.29) is 43.9 Å². The summed E-state index contributed by atoms with van der Waals surface area (Å²) in [4.78, 5) is 81.2. The number of aromatic hydroxyl groups is 1. The number of nitrogens with zero attached hydrogens (tertiary/aromatic N) is 1. The minimum absolute atomic E-state index is 0.0267. The Hall–Kier alpha value is -4.93. The maximum Gasteiger partial charge on any atom is 0.305 e. The summed E-state index contributed by atoms with van der Waals surface area (Å²) in [6.07, 6.45) is 0.582. The molecule has 17 heteroatoms. The van der Waals surface area contributed by atoms with Crippen LogP contribution in [0.15, 0.2) is 29.3 Å². The molecule has 1 saturated heterocycles. The van der Waals surface area contributed by atoms with Crippen molar-refractivity contribution in [2.45, 2.75) is 69.1 Å². The van der Waals surface area contributed by atoms with Crippen molar-refractivity contribution < 1.29 is 39.0 Å². The van der Waals surface area contributed by atoms with Crippen molar-refractivity contribution in [3.05, 3.63) is 29.8 Å². The molecule has 0 saturated carbocycles. The third kappa shape index (κ3) is 12.5. The largest absolute Gasteiger partial charge is 0.508 e. The van der Waals surface area contributed by atoms with Gasteiger partial charge in [-0.3, -0.25) is 33.8 Å². The molecule has 1 aromatic rings. The molecule has 1 aliphatic heterocycles. The van der Waals surface area contributed by atoms with Crippen LogP contribution in [0.5, 0.6) is 5.75 Å². The van der Waals surface area contributed by atoms with E-state index in [1.165, 1.54) is 24.3 Å². The quantitative estimate of drug-likeness (QED) is 0.0626. The van der Waals surface area contributed by atoms with Crippen molar-refractivity contribution in [1.82, 2.24) is 26.6 Å². The Morgan fingerprint density at radius 1 is 0.795 bits per heavy atom. The number of benzene rings is 1. The monoisotopic (exact) mass is 619 g/mol. The minimum atomic E-state index is -1.59. The van der Waals surface area contributed by atoms with Crippen LogP contribution in [0.4, 0.5) is 0 Å². The van der Waals surface area contributed by atoms with E-state index in [9.17, 15) is 39.0 Å². The fourth-order valence-corrected chi connectivity index (χ4v) is 4.35. The zero-order chi connectivity index (χ0) is 32.6. The van der Waals surface area contributed by atoms with Gasteiger partial charge in [0.1, 0.15) is 29.9 Å². The number of phenolic OH excluding ortho intramolecular Hbond substituents is 1. The van der Waals surface area contributed by atoms with Crippen molar-refractivity contribution in [2.75, 3.05) is 19.6 Å². The Labute approximate surface area is 253 Å². The number of guanidine groups is 1. The second-order valence-electron chi connectivity index (χ2n) is 10.2. The third-order valence-corrected chi connectivity index (χ3v) is 6.62. The van der Waals surface area contributed by atoms with E-state index in [1.54, 1.807) is 0 Å². The molecule has 1 aliphatic rings. The number of carboxylic acid groups (broad SMARTS) is 1. The maximum atomic E-state index is 13.5.